The standard InChI is InChI=1S/C15H9N3O3S3/c19-14-12(24-15(22)17-14)8-9-4-5-11(10(7-9)18(20)21)23-13-3-1-2-6-16-13/h1-8H,(H,17,19,22)/b12-8+. The van der Waals surface area contributed by atoms with Gasteiger partial charge in [0.25, 0.3) is 11.6 Å². The summed E-state index contributed by atoms with van der Waals surface area (Å²) in [7, 11) is 0. The minimum Gasteiger partial charge on any atom is -0.307 e. The summed E-state index contributed by atoms with van der Waals surface area (Å²) in [5.41, 5.74) is 0.528. The minimum absolute atomic E-state index is 0.0361. The monoisotopic (exact) mass is 375 g/mol. The first-order valence-electron chi connectivity index (χ1n) is 6.65. The molecule has 2 aromatic rings. The third kappa shape index (κ3) is 3.81. The summed E-state index contributed by atoms with van der Waals surface area (Å²) < 4.78 is 0.378. The molecule has 0 bridgehead atoms. The highest BCUT2D eigenvalue weighted by Crippen LogP contribution is 2.35. The van der Waals surface area contributed by atoms with Crippen molar-refractivity contribution >= 4 is 57.7 Å². The second-order valence-electron chi connectivity index (χ2n) is 4.61. The van der Waals surface area contributed by atoms with Gasteiger partial charge < -0.3 is 5.32 Å². The van der Waals surface area contributed by atoms with E-state index in [1.807, 2.05) is 6.07 Å². The minimum atomic E-state index is -0.445. The average molecular weight is 375 g/mol. The molecule has 1 amide bonds. The van der Waals surface area contributed by atoms with Gasteiger partial charge >= 0.3 is 0 Å². The third-order valence-electron chi connectivity index (χ3n) is 2.97. The summed E-state index contributed by atoms with van der Waals surface area (Å²) in [6.45, 7) is 0. The molecule has 1 aromatic carbocycles. The van der Waals surface area contributed by atoms with E-state index in [0.29, 0.717) is 24.7 Å². The number of rotatable bonds is 4. The lowest BCUT2D eigenvalue weighted by atomic mass is 10.2. The van der Waals surface area contributed by atoms with Crippen LogP contribution in [0.25, 0.3) is 6.08 Å². The van der Waals surface area contributed by atoms with Crippen LogP contribution in [-0.2, 0) is 4.79 Å². The molecule has 0 atom stereocenters. The van der Waals surface area contributed by atoms with Crippen LogP contribution in [0.15, 0.2) is 57.4 Å². The Morgan fingerprint density at radius 2 is 2.17 bits per heavy atom. The van der Waals surface area contributed by atoms with Gasteiger partial charge in [-0.15, -0.1) is 0 Å². The van der Waals surface area contributed by atoms with Crippen molar-refractivity contribution in [1.29, 1.82) is 0 Å². The lowest BCUT2D eigenvalue weighted by molar-refractivity contribution is -0.387. The summed E-state index contributed by atoms with van der Waals surface area (Å²) >= 11 is 7.27. The summed E-state index contributed by atoms with van der Waals surface area (Å²) in [4.78, 5) is 27.7. The molecule has 1 fully saturated rings. The number of thioether (sulfide) groups is 1. The zero-order chi connectivity index (χ0) is 17.1. The van der Waals surface area contributed by atoms with Crippen molar-refractivity contribution in [3.8, 4) is 0 Å². The number of hydrogen-bond donors (Lipinski definition) is 1. The Kier molecular flexibility index (Phi) is 4.93. The third-order valence-corrected chi connectivity index (χ3v) is 5.15. The van der Waals surface area contributed by atoms with Crippen LogP contribution < -0.4 is 5.32 Å². The highest BCUT2D eigenvalue weighted by Gasteiger charge is 2.23. The Bertz CT molecular complexity index is 869. The maximum atomic E-state index is 11.7. The van der Waals surface area contributed by atoms with Gasteiger partial charge in [-0.05, 0) is 29.8 Å². The van der Waals surface area contributed by atoms with E-state index in [0.717, 1.165) is 11.8 Å². The Balaban J connectivity index is 1.93. The molecule has 0 spiro atoms. The van der Waals surface area contributed by atoms with Crippen molar-refractivity contribution in [3.05, 3.63) is 63.2 Å². The topological polar surface area (TPSA) is 85.1 Å². The van der Waals surface area contributed by atoms with Gasteiger partial charge in [0.1, 0.15) is 9.35 Å². The summed E-state index contributed by atoms with van der Waals surface area (Å²) in [5, 5.41) is 14.5. The molecule has 9 heteroatoms. The predicted molar refractivity (Wildman–Crippen MR) is 97.8 cm³/mol. The maximum Gasteiger partial charge on any atom is 0.283 e. The highest BCUT2D eigenvalue weighted by molar-refractivity contribution is 8.26. The van der Waals surface area contributed by atoms with Crippen molar-refractivity contribution in [3.63, 3.8) is 0 Å². The highest BCUT2D eigenvalue weighted by atomic mass is 32.2. The zero-order valence-electron chi connectivity index (χ0n) is 12.0. The second-order valence-corrected chi connectivity index (χ2v) is 7.39. The molecule has 3 rings (SSSR count). The Morgan fingerprint density at radius 3 is 2.79 bits per heavy atom. The second kappa shape index (κ2) is 7.12. The first kappa shape index (κ1) is 16.6. The van der Waals surface area contributed by atoms with E-state index in [4.69, 9.17) is 12.2 Å². The van der Waals surface area contributed by atoms with E-state index in [-0.39, 0.29) is 11.6 Å². The Labute approximate surface area is 150 Å². The molecule has 0 unspecified atom stereocenters. The number of amides is 1. The molecule has 1 N–H and O–H groups in total. The van der Waals surface area contributed by atoms with Crippen LogP contribution in [0, 0.1) is 10.1 Å². The van der Waals surface area contributed by atoms with E-state index in [1.54, 1.807) is 36.5 Å². The number of nitrogens with one attached hydrogen (secondary N) is 1. The van der Waals surface area contributed by atoms with Gasteiger partial charge in [0.15, 0.2) is 0 Å². The number of carbonyl (C=O) groups is 1. The SMILES string of the molecule is O=C1NC(=S)S/C1=C/c1ccc(Sc2ccccn2)c([N+](=O)[O-])c1. The first-order chi connectivity index (χ1) is 11.5. The molecule has 1 saturated heterocycles. The van der Waals surface area contributed by atoms with Crippen LogP contribution in [-0.4, -0.2) is 20.1 Å². The summed E-state index contributed by atoms with van der Waals surface area (Å²) in [6.07, 6.45) is 3.22. The predicted octanol–water partition coefficient (Wildman–Crippen LogP) is 3.63. The fourth-order valence-electron chi connectivity index (χ4n) is 1.95. The molecule has 1 aromatic heterocycles. The van der Waals surface area contributed by atoms with Gasteiger partial charge in [0.2, 0.25) is 0 Å². The molecular formula is C15H9N3O3S3. The van der Waals surface area contributed by atoms with Crippen molar-refractivity contribution in [1.82, 2.24) is 10.3 Å². The van der Waals surface area contributed by atoms with Gasteiger partial charge in [-0.1, -0.05) is 47.9 Å². The number of nitrogens with zero attached hydrogens (tertiary/aromatic N) is 2. The quantitative estimate of drug-likeness (QED) is 0.378. The fraction of sp³-hybridized carbons (Fsp3) is 0. The number of pyridine rings is 1. The van der Waals surface area contributed by atoms with Gasteiger partial charge in [0, 0.05) is 12.3 Å². The molecule has 0 aliphatic carbocycles. The molecular weight excluding hydrogens is 366 g/mol. The van der Waals surface area contributed by atoms with Crippen molar-refractivity contribution < 1.29 is 9.72 Å². The lowest BCUT2D eigenvalue weighted by Gasteiger charge is -2.04. The van der Waals surface area contributed by atoms with Crippen molar-refractivity contribution in [2.75, 3.05) is 0 Å². The molecule has 1 aliphatic rings. The van der Waals surface area contributed by atoms with Crippen LogP contribution >= 0.6 is 35.7 Å². The summed E-state index contributed by atoms with van der Waals surface area (Å²) in [5.74, 6) is -0.292. The van der Waals surface area contributed by atoms with Gasteiger partial charge in [-0.3, -0.25) is 14.9 Å². The normalized spacial score (nSPS) is 15.6. The van der Waals surface area contributed by atoms with E-state index < -0.39 is 4.92 Å². The number of carbonyl (C=O) groups excluding carboxylic acids is 1. The molecule has 2 heterocycles. The molecule has 120 valence electrons. The molecule has 6 nitrogen and oxygen atoms in total. The van der Waals surface area contributed by atoms with Gasteiger partial charge in [-0.25, -0.2) is 4.98 Å². The van der Waals surface area contributed by atoms with Crippen LogP contribution in [0.3, 0.4) is 0 Å². The number of benzene rings is 1. The van der Waals surface area contributed by atoms with Crippen molar-refractivity contribution in [2.45, 2.75) is 9.92 Å². The fourth-order valence-corrected chi connectivity index (χ4v) is 3.85. The number of hydrogen-bond acceptors (Lipinski definition) is 7. The molecule has 24 heavy (non-hydrogen) atoms. The largest absolute Gasteiger partial charge is 0.307 e. The number of nitro benzene ring substituents is 1. The molecule has 1 aliphatic heterocycles. The van der Waals surface area contributed by atoms with Gasteiger partial charge in [-0.2, -0.15) is 0 Å². The van der Waals surface area contributed by atoms with Crippen LogP contribution in [0.4, 0.5) is 5.69 Å². The van der Waals surface area contributed by atoms with E-state index >= 15 is 0 Å². The number of thiocarbonyl (C=S) groups is 1. The Hall–Kier alpha value is -2.23. The van der Waals surface area contributed by atoms with E-state index in [9.17, 15) is 14.9 Å². The average Bonchev–Trinajstić information content (AvgIpc) is 2.87. The van der Waals surface area contributed by atoms with E-state index in [2.05, 4.69) is 10.3 Å². The lowest BCUT2D eigenvalue weighted by Crippen LogP contribution is -2.17. The van der Waals surface area contributed by atoms with E-state index in [1.165, 1.54) is 17.8 Å². The first-order valence-corrected chi connectivity index (χ1v) is 8.69. The smallest absolute Gasteiger partial charge is 0.283 e. The summed E-state index contributed by atoms with van der Waals surface area (Å²) in [6, 6.07) is 10.2. The zero-order valence-corrected chi connectivity index (χ0v) is 14.4. The molecule has 0 radical (unpaired) electrons. The number of nitro groups is 1. The maximum absolute atomic E-state index is 11.7. The molecule has 0 saturated carbocycles. The van der Waals surface area contributed by atoms with Crippen LogP contribution in [0.1, 0.15) is 5.56 Å². The van der Waals surface area contributed by atoms with Crippen LogP contribution in [0.2, 0.25) is 0 Å². The van der Waals surface area contributed by atoms with Gasteiger partial charge in [0.05, 0.1) is 14.7 Å². The Morgan fingerprint density at radius 1 is 1.33 bits per heavy atom. The number of aromatic nitrogens is 1. The van der Waals surface area contributed by atoms with Crippen molar-refractivity contribution in [2.24, 2.45) is 0 Å². The van der Waals surface area contributed by atoms with Crippen LogP contribution in [0.5, 0.6) is 0 Å².